The molecular weight excluding hydrogens is 440 g/mol. The molecule has 1 fully saturated rings. The van der Waals surface area contributed by atoms with Gasteiger partial charge in [0.05, 0.1) is 23.6 Å². The number of anilines is 1. The van der Waals surface area contributed by atoms with Crippen molar-refractivity contribution in [3.05, 3.63) is 88.3 Å². The largest absolute Gasteiger partial charge is 0.507 e. The Morgan fingerprint density at radius 2 is 1.71 bits per heavy atom. The third-order valence-corrected chi connectivity index (χ3v) is 6.78. The Kier molecular flexibility index (Phi) is 6.47. The van der Waals surface area contributed by atoms with Crippen LogP contribution in [0, 0.1) is 6.92 Å². The molecule has 0 amide bonds. The molecule has 1 aliphatic heterocycles. The zero-order valence-corrected chi connectivity index (χ0v) is 20.2. The third-order valence-electron chi connectivity index (χ3n) is 6.78. The molecule has 6 nitrogen and oxygen atoms in total. The second-order valence-corrected chi connectivity index (χ2v) is 8.98. The van der Waals surface area contributed by atoms with E-state index < -0.39 is 0 Å². The summed E-state index contributed by atoms with van der Waals surface area (Å²) in [5.41, 5.74) is 3.65. The highest BCUT2D eigenvalue weighted by molar-refractivity contribution is 5.86. The number of ether oxygens (including phenoxy) is 1. The fourth-order valence-electron chi connectivity index (χ4n) is 4.91. The van der Waals surface area contributed by atoms with Gasteiger partial charge in [0.25, 0.3) is 0 Å². The number of hydrogen-bond acceptors (Lipinski definition) is 6. The molecule has 0 spiro atoms. The Labute approximate surface area is 205 Å². The van der Waals surface area contributed by atoms with E-state index in [4.69, 9.17) is 9.15 Å². The summed E-state index contributed by atoms with van der Waals surface area (Å²) in [6, 6.07) is 21.0. The summed E-state index contributed by atoms with van der Waals surface area (Å²) >= 11 is 0. The van der Waals surface area contributed by atoms with Crippen molar-refractivity contribution in [2.75, 3.05) is 38.2 Å². The maximum absolute atomic E-state index is 13.4. The van der Waals surface area contributed by atoms with Crippen LogP contribution < -0.4 is 15.1 Å². The number of methoxy groups -OCH3 is 1. The lowest BCUT2D eigenvalue weighted by atomic mass is 10.0. The number of rotatable bonds is 5. The van der Waals surface area contributed by atoms with E-state index in [1.54, 1.807) is 19.2 Å². The topological polar surface area (TPSA) is 66.2 Å². The van der Waals surface area contributed by atoms with E-state index in [0.717, 1.165) is 43.9 Å². The van der Waals surface area contributed by atoms with Gasteiger partial charge < -0.3 is 19.2 Å². The second kappa shape index (κ2) is 9.84. The summed E-state index contributed by atoms with van der Waals surface area (Å²) in [5.74, 6) is 1.56. The van der Waals surface area contributed by atoms with Gasteiger partial charge in [-0.1, -0.05) is 30.3 Å². The van der Waals surface area contributed by atoms with Crippen molar-refractivity contribution in [3.63, 3.8) is 0 Å². The van der Waals surface area contributed by atoms with Crippen LogP contribution in [0.5, 0.6) is 11.5 Å². The molecule has 1 aromatic heterocycles. The molecular formula is C29H30N2O4. The van der Waals surface area contributed by atoms with Crippen molar-refractivity contribution in [2.24, 2.45) is 0 Å². The lowest BCUT2D eigenvalue weighted by molar-refractivity contribution is 0.280. The minimum atomic E-state index is -0.0715. The van der Waals surface area contributed by atoms with Crippen molar-refractivity contribution in [1.82, 2.24) is 4.90 Å². The number of nitrogens with zero attached hydrogens (tertiary/aromatic N) is 2. The molecule has 0 saturated carbocycles. The molecule has 2 heterocycles. The van der Waals surface area contributed by atoms with Gasteiger partial charge in [0.2, 0.25) is 5.43 Å². The van der Waals surface area contributed by atoms with E-state index in [0.29, 0.717) is 34.4 Å². The van der Waals surface area contributed by atoms with Crippen LogP contribution in [0.1, 0.15) is 17.7 Å². The first-order chi connectivity index (χ1) is 17.0. The van der Waals surface area contributed by atoms with Gasteiger partial charge >= 0.3 is 0 Å². The Balaban J connectivity index is 1.42. The summed E-state index contributed by atoms with van der Waals surface area (Å²) in [6.07, 6.45) is 0.999. The summed E-state index contributed by atoms with van der Waals surface area (Å²) < 4.78 is 11.5. The molecule has 4 aromatic rings. The van der Waals surface area contributed by atoms with Gasteiger partial charge in [-0.25, -0.2) is 0 Å². The number of phenolic OH excluding ortho intramolecular Hbond substituents is 1. The number of benzene rings is 3. The molecule has 1 aliphatic rings. The van der Waals surface area contributed by atoms with E-state index in [-0.39, 0.29) is 11.2 Å². The molecule has 3 aromatic carbocycles. The van der Waals surface area contributed by atoms with E-state index >= 15 is 0 Å². The number of hydrogen-bond donors (Lipinski definition) is 1. The number of fused-ring (bicyclic) bond motifs is 1. The first-order valence-electron chi connectivity index (χ1n) is 12.0. The Morgan fingerprint density at radius 1 is 0.943 bits per heavy atom. The lowest BCUT2D eigenvalue weighted by Crippen LogP contribution is -2.30. The van der Waals surface area contributed by atoms with Crippen LogP contribution in [-0.4, -0.2) is 43.3 Å². The Morgan fingerprint density at radius 3 is 2.46 bits per heavy atom. The highest BCUT2D eigenvalue weighted by Crippen LogP contribution is 2.31. The first kappa shape index (κ1) is 23.0. The van der Waals surface area contributed by atoms with Crippen molar-refractivity contribution < 1.29 is 14.3 Å². The zero-order chi connectivity index (χ0) is 24.4. The van der Waals surface area contributed by atoms with E-state index in [2.05, 4.69) is 21.9 Å². The monoisotopic (exact) mass is 470 g/mol. The Bertz CT molecular complexity index is 1380. The average molecular weight is 471 g/mol. The van der Waals surface area contributed by atoms with Gasteiger partial charge in [0, 0.05) is 38.4 Å². The first-order valence-corrected chi connectivity index (χ1v) is 12.0. The summed E-state index contributed by atoms with van der Waals surface area (Å²) in [7, 11) is 1.67. The maximum atomic E-state index is 13.4. The van der Waals surface area contributed by atoms with Crippen LogP contribution in [0.25, 0.3) is 22.1 Å². The number of aryl methyl sites for hydroxylation is 1. The fraction of sp³-hybridized carbons (Fsp3) is 0.276. The third kappa shape index (κ3) is 4.62. The molecule has 35 heavy (non-hydrogen) atoms. The van der Waals surface area contributed by atoms with Gasteiger partial charge in [-0.15, -0.1) is 0 Å². The number of aromatic hydroxyl groups is 1. The highest BCUT2D eigenvalue weighted by Gasteiger charge is 2.21. The van der Waals surface area contributed by atoms with Crippen LogP contribution in [0.2, 0.25) is 0 Å². The number of phenols is 1. The van der Waals surface area contributed by atoms with Crippen LogP contribution in [-0.2, 0) is 6.54 Å². The molecule has 5 rings (SSSR count). The van der Waals surface area contributed by atoms with Crippen LogP contribution in [0.4, 0.5) is 5.69 Å². The molecule has 0 unspecified atom stereocenters. The molecule has 1 saturated heterocycles. The smallest absolute Gasteiger partial charge is 0.200 e. The average Bonchev–Trinajstić information content (AvgIpc) is 3.12. The van der Waals surface area contributed by atoms with E-state index in [9.17, 15) is 9.90 Å². The highest BCUT2D eigenvalue weighted by atomic mass is 16.5. The molecule has 0 atom stereocenters. The van der Waals surface area contributed by atoms with Gasteiger partial charge in [0.15, 0.2) is 0 Å². The van der Waals surface area contributed by atoms with Gasteiger partial charge in [-0.2, -0.15) is 0 Å². The second-order valence-electron chi connectivity index (χ2n) is 8.98. The van der Waals surface area contributed by atoms with Crippen LogP contribution in [0.3, 0.4) is 0 Å². The van der Waals surface area contributed by atoms with Crippen molar-refractivity contribution in [2.45, 2.75) is 19.9 Å². The van der Waals surface area contributed by atoms with Gasteiger partial charge in [-0.3, -0.25) is 9.69 Å². The van der Waals surface area contributed by atoms with Crippen molar-refractivity contribution >= 4 is 16.7 Å². The predicted octanol–water partition coefficient (Wildman–Crippen LogP) is 5.19. The molecule has 0 bridgehead atoms. The molecule has 180 valence electrons. The van der Waals surface area contributed by atoms with Crippen LogP contribution >= 0.6 is 0 Å². The molecule has 6 heteroatoms. The normalized spacial score (nSPS) is 14.7. The van der Waals surface area contributed by atoms with E-state index in [1.165, 1.54) is 5.69 Å². The zero-order valence-electron chi connectivity index (χ0n) is 20.2. The van der Waals surface area contributed by atoms with Crippen molar-refractivity contribution in [1.29, 1.82) is 0 Å². The van der Waals surface area contributed by atoms with Gasteiger partial charge in [-0.05, 0) is 55.3 Å². The minimum Gasteiger partial charge on any atom is -0.507 e. The summed E-state index contributed by atoms with van der Waals surface area (Å²) in [4.78, 5) is 18.1. The lowest BCUT2D eigenvalue weighted by Gasteiger charge is -2.24. The van der Waals surface area contributed by atoms with Crippen LogP contribution in [0.15, 0.2) is 75.9 Å². The fourth-order valence-corrected chi connectivity index (χ4v) is 4.91. The predicted molar refractivity (Wildman–Crippen MR) is 139 cm³/mol. The molecule has 1 N–H and O–H groups in total. The molecule has 0 radical (unpaired) electrons. The standard InChI is InChI=1S/C29H30N2O4/c1-20-27(21-7-4-3-5-8-21)28(33)24-13-14-26(32)25(29(24)35-20)19-30-15-6-16-31(18-17-30)22-9-11-23(34-2)12-10-22/h3-5,7-14,32H,6,15-19H2,1-2H3. The Hall–Kier alpha value is -3.77. The molecule has 0 aliphatic carbocycles. The SMILES string of the molecule is COc1ccc(N2CCCN(Cc3c(O)ccc4c(=O)c(-c5ccccc5)c(C)oc34)CC2)cc1. The minimum absolute atomic E-state index is 0.0715. The maximum Gasteiger partial charge on any atom is 0.200 e. The quantitative estimate of drug-likeness (QED) is 0.433. The van der Waals surface area contributed by atoms with Gasteiger partial charge in [0.1, 0.15) is 22.8 Å². The van der Waals surface area contributed by atoms with E-state index in [1.807, 2.05) is 49.4 Å². The summed E-state index contributed by atoms with van der Waals surface area (Å²) in [6.45, 7) is 5.90. The van der Waals surface area contributed by atoms with Crippen molar-refractivity contribution in [3.8, 4) is 22.6 Å². The summed E-state index contributed by atoms with van der Waals surface area (Å²) in [5, 5.41) is 11.2.